The maximum absolute atomic E-state index is 3.53. The van der Waals surface area contributed by atoms with Gasteiger partial charge >= 0.3 is 0 Å². The van der Waals surface area contributed by atoms with Gasteiger partial charge in [-0.25, -0.2) is 0 Å². The van der Waals surface area contributed by atoms with Gasteiger partial charge in [-0.3, -0.25) is 4.90 Å². The molecule has 0 aliphatic carbocycles. The van der Waals surface area contributed by atoms with Crippen molar-refractivity contribution in [2.45, 2.75) is 46.8 Å². The van der Waals surface area contributed by atoms with E-state index in [0.29, 0.717) is 12.0 Å². The van der Waals surface area contributed by atoms with Gasteiger partial charge in [0, 0.05) is 34.6 Å². The van der Waals surface area contributed by atoms with Crippen LogP contribution in [0, 0.1) is 12.8 Å². The second kappa shape index (κ2) is 9.08. The Morgan fingerprint density at radius 3 is 2.65 bits per heavy atom. The Morgan fingerprint density at radius 2 is 2.05 bits per heavy atom. The topological polar surface area (TPSA) is 15.3 Å². The molecule has 0 bridgehead atoms. The summed E-state index contributed by atoms with van der Waals surface area (Å²) in [6.45, 7) is 12.2. The van der Waals surface area contributed by atoms with Crippen LogP contribution in [0.25, 0.3) is 0 Å². The summed E-state index contributed by atoms with van der Waals surface area (Å²) in [5.74, 6) is 1.91. The van der Waals surface area contributed by atoms with Gasteiger partial charge in [0.15, 0.2) is 0 Å². The minimum absolute atomic E-state index is 0.631. The second-order valence-electron chi connectivity index (χ2n) is 6.04. The predicted octanol–water partition coefficient (Wildman–Crippen LogP) is 3.99. The molecule has 0 saturated carbocycles. The zero-order chi connectivity index (χ0) is 15.1. The average Bonchev–Trinajstić information content (AvgIpc) is 2.69. The average molecular weight is 315 g/mol. The molecule has 0 saturated heterocycles. The van der Waals surface area contributed by atoms with Crippen LogP contribution in [-0.4, -0.2) is 36.5 Å². The van der Waals surface area contributed by atoms with Crippen LogP contribution in [0.2, 0.25) is 0 Å². The number of nitrogens with one attached hydrogen (secondary N) is 1. The molecule has 116 valence electrons. The van der Waals surface area contributed by atoms with Gasteiger partial charge in [0.05, 0.1) is 0 Å². The maximum Gasteiger partial charge on any atom is 0.0300 e. The quantitative estimate of drug-likeness (QED) is 0.742. The molecular formula is C16H30N2S2. The predicted molar refractivity (Wildman–Crippen MR) is 94.9 cm³/mol. The molecule has 1 aromatic rings. The van der Waals surface area contributed by atoms with Crippen molar-refractivity contribution in [3.63, 3.8) is 0 Å². The first kappa shape index (κ1) is 18.0. The van der Waals surface area contributed by atoms with Crippen molar-refractivity contribution in [1.29, 1.82) is 0 Å². The highest BCUT2D eigenvalue weighted by atomic mass is 32.2. The van der Waals surface area contributed by atoms with E-state index in [1.165, 1.54) is 21.1 Å². The highest BCUT2D eigenvalue weighted by molar-refractivity contribution is 7.98. The van der Waals surface area contributed by atoms with Gasteiger partial charge in [0.2, 0.25) is 0 Å². The number of rotatable bonds is 9. The Bertz CT molecular complexity index is 388. The van der Waals surface area contributed by atoms with Crippen LogP contribution < -0.4 is 5.32 Å². The zero-order valence-electron chi connectivity index (χ0n) is 13.8. The summed E-state index contributed by atoms with van der Waals surface area (Å²) in [6.07, 6.45) is 2.18. The molecule has 0 amide bonds. The van der Waals surface area contributed by atoms with E-state index in [1.807, 2.05) is 23.1 Å². The number of aryl methyl sites for hydroxylation is 1. The fourth-order valence-electron chi connectivity index (χ4n) is 2.11. The summed E-state index contributed by atoms with van der Waals surface area (Å²) >= 11 is 3.86. The van der Waals surface area contributed by atoms with Crippen LogP contribution >= 0.6 is 23.1 Å². The molecule has 0 aromatic carbocycles. The summed E-state index contributed by atoms with van der Waals surface area (Å²) < 4.78 is 0. The first-order valence-electron chi connectivity index (χ1n) is 7.42. The number of thioether (sulfide) groups is 1. The summed E-state index contributed by atoms with van der Waals surface area (Å²) in [5.41, 5.74) is 1.49. The Labute approximate surface area is 133 Å². The van der Waals surface area contributed by atoms with Crippen LogP contribution in [-0.2, 0) is 13.1 Å². The first-order chi connectivity index (χ1) is 9.43. The van der Waals surface area contributed by atoms with E-state index in [9.17, 15) is 0 Å². The van der Waals surface area contributed by atoms with E-state index in [2.05, 4.69) is 57.3 Å². The fourth-order valence-corrected chi connectivity index (χ4v) is 3.87. The monoisotopic (exact) mass is 314 g/mol. The van der Waals surface area contributed by atoms with E-state index in [0.717, 1.165) is 19.6 Å². The largest absolute Gasteiger partial charge is 0.312 e. The molecule has 0 aliphatic rings. The minimum atomic E-state index is 0.631. The number of hydrogen-bond acceptors (Lipinski definition) is 4. The molecule has 1 N–H and O–H groups in total. The molecule has 0 spiro atoms. The fraction of sp³-hybridized carbons (Fsp3) is 0.750. The molecule has 4 heteroatoms. The van der Waals surface area contributed by atoms with Crippen molar-refractivity contribution in [3.8, 4) is 0 Å². The van der Waals surface area contributed by atoms with Crippen molar-refractivity contribution in [2.75, 3.05) is 25.6 Å². The van der Waals surface area contributed by atoms with E-state index >= 15 is 0 Å². The molecule has 1 rings (SSSR count). The third-order valence-electron chi connectivity index (χ3n) is 3.50. The number of nitrogens with zero attached hydrogens (tertiary/aromatic N) is 1. The van der Waals surface area contributed by atoms with Crippen molar-refractivity contribution >= 4 is 23.1 Å². The Balaban J connectivity index is 2.52. The second-order valence-corrected chi connectivity index (χ2v) is 8.29. The van der Waals surface area contributed by atoms with Crippen molar-refractivity contribution in [2.24, 2.45) is 5.92 Å². The van der Waals surface area contributed by atoms with Gasteiger partial charge < -0.3 is 5.32 Å². The van der Waals surface area contributed by atoms with Gasteiger partial charge in [-0.1, -0.05) is 13.8 Å². The first-order valence-corrected chi connectivity index (χ1v) is 9.63. The van der Waals surface area contributed by atoms with E-state index in [1.54, 1.807) is 0 Å². The van der Waals surface area contributed by atoms with Crippen LogP contribution in [0.15, 0.2) is 6.07 Å². The van der Waals surface area contributed by atoms with Crippen molar-refractivity contribution in [3.05, 3.63) is 21.4 Å². The Hall–Kier alpha value is -0.0300. The SMILES string of the molecule is CSCC(C)N(C)Cc1cc(CNCC(C)C)sc1C. The third kappa shape index (κ3) is 6.17. The summed E-state index contributed by atoms with van der Waals surface area (Å²) in [7, 11) is 2.23. The van der Waals surface area contributed by atoms with E-state index in [-0.39, 0.29) is 0 Å². The zero-order valence-corrected chi connectivity index (χ0v) is 15.5. The smallest absolute Gasteiger partial charge is 0.0300 e. The van der Waals surface area contributed by atoms with Gasteiger partial charge in [-0.15, -0.1) is 11.3 Å². The molecule has 0 radical (unpaired) electrons. The van der Waals surface area contributed by atoms with Crippen LogP contribution in [0.1, 0.15) is 36.1 Å². The molecule has 2 nitrogen and oxygen atoms in total. The summed E-state index contributed by atoms with van der Waals surface area (Å²) in [6, 6.07) is 3.02. The molecule has 20 heavy (non-hydrogen) atoms. The number of thiophene rings is 1. The normalized spacial score (nSPS) is 13.4. The highest BCUT2D eigenvalue weighted by Gasteiger charge is 2.12. The lowest BCUT2D eigenvalue weighted by molar-refractivity contribution is 0.269. The Morgan fingerprint density at radius 1 is 1.35 bits per heavy atom. The molecule has 0 aliphatic heterocycles. The minimum Gasteiger partial charge on any atom is -0.312 e. The molecular weight excluding hydrogens is 284 g/mol. The Kier molecular flexibility index (Phi) is 8.18. The van der Waals surface area contributed by atoms with Crippen LogP contribution in [0.5, 0.6) is 0 Å². The molecule has 1 unspecified atom stereocenters. The van der Waals surface area contributed by atoms with Gasteiger partial charge in [0.25, 0.3) is 0 Å². The molecule has 1 heterocycles. The highest BCUT2D eigenvalue weighted by Crippen LogP contribution is 2.23. The van der Waals surface area contributed by atoms with Gasteiger partial charge in [-0.05, 0) is 51.2 Å². The number of hydrogen-bond donors (Lipinski definition) is 1. The molecule has 0 fully saturated rings. The van der Waals surface area contributed by atoms with Gasteiger partial charge in [0.1, 0.15) is 0 Å². The van der Waals surface area contributed by atoms with Crippen LogP contribution in [0.4, 0.5) is 0 Å². The van der Waals surface area contributed by atoms with Crippen molar-refractivity contribution < 1.29 is 0 Å². The third-order valence-corrected chi connectivity index (χ3v) is 5.41. The lowest BCUT2D eigenvalue weighted by atomic mass is 10.2. The van der Waals surface area contributed by atoms with Crippen molar-refractivity contribution in [1.82, 2.24) is 10.2 Å². The van der Waals surface area contributed by atoms with Crippen LogP contribution in [0.3, 0.4) is 0 Å². The van der Waals surface area contributed by atoms with Gasteiger partial charge in [-0.2, -0.15) is 11.8 Å². The van der Waals surface area contributed by atoms with E-state index < -0.39 is 0 Å². The molecule has 1 atom stereocenters. The summed E-state index contributed by atoms with van der Waals surface area (Å²) in [5, 5.41) is 3.53. The lowest BCUT2D eigenvalue weighted by Crippen LogP contribution is -2.30. The van der Waals surface area contributed by atoms with E-state index in [4.69, 9.17) is 0 Å². The molecule has 1 aromatic heterocycles. The standard InChI is InChI=1S/C16H30N2S2/c1-12(2)8-17-9-16-7-15(14(4)20-16)10-18(5)13(3)11-19-6/h7,12-13,17H,8-11H2,1-6H3. The maximum atomic E-state index is 3.53. The summed E-state index contributed by atoms with van der Waals surface area (Å²) in [4.78, 5) is 5.38. The lowest BCUT2D eigenvalue weighted by Gasteiger charge is -2.23.